The predicted molar refractivity (Wildman–Crippen MR) is 83.7 cm³/mol. The lowest BCUT2D eigenvalue weighted by atomic mass is 10.1. The van der Waals surface area contributed by atoms with Gasteiger partial charge in [0.25, 0.3) is 0 Å². The van der Waals surface area contributed by atoms with Crippen LogP contribution < -0.4 is 15.1 Å². The molecular formula is C16H20N4. The Morgan fingerprint density at radius 3 is 2.60 bits per heavy atom. The monoisotopic (exact) mass is 268 g/mol. The molecule has 0 spiro atoms. The van der Waals surface area contributed by atoms with Crippen LogP contribution in [0.4, 0.5) is 17.2 Å². The summed E-state index contributed by atoms with van der Waals surface area (Å²) in [6.07, 6.45) is 1.95. The van der Waals surface area contributed by atoms with Crippen molar-refractivity contribution in [1.29, 1.82) is 0 Å². The van der Waals surface area contributed by atoms with Crippen LogP contribution in [0, 0.1) is 0 Å². The summed E-state index contributed by atoms with van der Waals surface area (Å²) >= 11 is 0. The van der Waals surface area contributed by atoms with Gasteiger partial charge < -0.3 is 15.1 Å². The molecule has 1 aliphatic heterocycles. The molecule has 1 N–H and O–H groups in total. The highest BCUT2D eigenvalue weighted by Gasteiger charge is 2.21. The van der Waals surface area contributed by atoms with Gasteiger partial charge in [-0.3, -0.25) is 0 Å². The highest BCUT2D eigenvalue weighted by molar-refractivity contribution is 5.78. The van der Waals surface area contributed by atoms with E-state index in [4.69, 9.17) is 0 Å². The predicted octanol–water partition coefficient (Wildman–Crippen LogP) is 2.39. The summed E-state index contributed by atoms with van der Waals surface area (Å²) in [7, 11) is 4.09. The minimum absolute atomic E-state index is 0.854. The number of pyridine rings is 1. The van der Waals surface area contributed by atoms with Gasteiger partial charge in [0.2, 0.25) is 0 Å². The summed E-state index contributed by atoms with van der Waals surface area (Å²) in [5.74, 6) is 1.02. The highest BCUT2D eigenvalue weighted by Crippen LogP contribution is 2.35. The zero-order valence-corrected chi connectivity index (χ0v) is 12.0. The van der Waals surface area contributed by atoms with E-state index < -0.39 is 0 Å². The first kappa shape index (κ1) is 12.9. The summed E-state index contributed by atoms with van der Waals surface area (Å²) in [6.45, 7) is 2.83. The number of likely N-dealkylation sites (N-methyl/N-ethyl adjacent to an activating group) is 1. The molecule has 2 heterocycles. The van der Waals surface area contributed by atoms with E-state index in [0.717, 1.165) is 25.5 Å². The first-order valence-corrected chi connectivity index (χ1v) is 6.97. The number of rotatable bonds is 3. The Morgan fingerprint density at radius 2 is 1.90 bits per heavy atom. The van der Waals surface area contributed by atoms with Crippen molar-refractivity contribution in [1.82, 2.24) is 10.3 Å². The molecule has 1 aliphatic rings. The smallest absolute Gasteiger partial charge is 0.133 e. The SMILES string of the molecule is CNCc1ccc(N2CCN(C)c3ccccc32)nc1. The van der Waals surface area contributed by atoms with Crippen molar-refractivity contribution in [3.63, 3.8) is 0 Å². The molecule has 0 aliphatic carbocycles. The van der Waals surface area contributed by atoms with Crippen LogP contribution in [0.2, 0.25) is 0 Å². The molecule has 3 rings (SSSR count). The quantitative estimate of drug-likeness (QED) is 0.926. The summed E-state index contributed by atoms with van der Waals surface area (Å²) in [4.78, 5) is 9.20. The second-order valence-electron chi connectivity index (χ2n) is 5.12. The molecule has 2 aromatic rings. The van der Waals surface area contributed by atoms with Gasteiger partial charge in [0, 0.05) is 32.9 Å². The Bertz CT molecular complexity index is 579. The van der Waals surface area contributed by atoms with Gasteiger partial charge in [-0.2, -0.15) is 0 Å². The molecule has 0 amide bonds. The van der Waals surface area contributed by atoms with E-state index >= 15 is 0 Å². The lowest BCUT2D eigenvalue weighted by Gasteiger charge is -2.36. The van der Waals surface area contributed by atoms with E-state index in [1.54, 1.807) is 0 Å². The van der Waals surface area contributed by atoms with Crippen LogP contribution in [0.5, 0.6) is 0 Å². The van der Waals surface area contributed by atoms with E-state index in [1.807, 2.05) is 13.2 Å². The fourth-order valence-corrected chi connectivity index (χ4v) is 2.63. The van der Waals surface area contributed by atoms with Gasteiger partial charge >= 0.3 is 0 Å². The Morgan fingerprint density at radius 1 is 1.10 bits per heavy atom. The second kappa shape index (κ2) is 5.51. The van der Waals surface area contributed by atoms with Gasteiger partial charge in [0.05, 0.1) is 11.4 Å². The zero-order chi connectivity index (χ0) is 13.9. The van der Waals surface area contributed by atoms with Crippen LogP contribution in [0.3, 0.4) is 0 Å². The molecule has 0 radical (unpaired) electrons. The lowest BCUT2D eigenvalue weighted by molar-refractivity contribution is 0.800. The summed E-state index contributed by atoms with van der Waals surface area (Å²) in [6, 6.07) is 12.7. The first-order valence-electron chi connectivity index (χ1n) is 6.97. The van der Waals surface area contributed by atoms with E-state index in [9.17, 15) is 0 Å². The molecule has 0 fully saturated rings. The van der Waals surface area contributed by atoms with Crippen molar-refractivity contribution in [2.75, 3.05) is 37.0 Å². The van der Waals surface area contributed by atoms with Crippen molar-refractivity contribution < 1.29 is 0 Å². The molecule has 0 saturated heterocycles. The minimum Gasteiger partial charge on any atom is -0.371 e. The van der Waals surface area contributed by atoms with Crippen LogP contribution >= 0.6 is 0 Å². The molecule has 104 valence electrons. The third-order valence-corrected chi connectivity index (χ3v) is 3.71. The number of aromatic nitrogens is 1. The molecule has 20 heavy (non-hydrogen) atoms. The number of nitrogens with zero attached hydrogens (tertiary/aromatic N) is 3. The van der Waals surface area contributed by atoms with Crippen LogP contribution in [0.1, 0.15) is 5.56 Å². The molecule has 1 aromatic carbocycles. The van der Waals surface area contributed by atoms with E-state index in [1.165, 1.54) is 16.9 Å². The van der Waals surface area contributed by atoms with Crippen molar-refractivity contribution in [3.05, 3.63) is 48.2 Å². The van der Waals surface area contributed by atoms with Crippen molar-refractivity contribution in [2.24, 2.45) is 0 Å². The van der Waals surface area contributed by atoms with Crippen LogP contribution in [0.15, 0.2) is 42.6 Å². The third kappa shape index (κ3) is 2.34. The maximum absolute atomic E-state index is 4.61. The number of fused-ring (bicyclic) bond motifs is 1. The van der Waals surface area contributed by atoms with E-state index in [-0.39, 0.29) is 0 Å². The van der Waals surface area contributed by atoms with E-state index in [2.05, 4.69) is 63.5 Å². The molecule has 1 aromatic heterocycles. The molecule has 4 nitrogen and oxygen atoms in total. The zero-order valence-electron chi connectivity index (χ0n) is 12.0. The first-order chi connectivity index (χ1) is 9.79. The molecular weight excluding hydrogens is 248 g/mol. The number of nitrogens with one attached hydrogen (secondary N) is 1. The standard InChI is InChI=1S/C16H20N4/c1-17-11-13-7-8-16(18-12-13)20-10-9-19(2)14-5-3-4-6-15(14)20/h3-8,12,17H,9-11H2,1-2H3. The lowest BCUT2D eigenvalue weighted by Crippen LogP contribution is -2.36. The summed E-state index contributed by atoms with van der Waals surface area (Å²) < 4.78 is 0. The molecule has 0 atom stereocenters. The Kier molecular flexibility index (Phi) is 3.56. The second-order valence-corrected chi connectivity index (χ2v) is 5.12. The normalized spacial score (nSPS) is 14.3. The van der Waals surface area contributed by atoms with Gasteiger partial charge in [0.1, 0.15) is 5.82 Å². The third-order valence-electron chi connectivity index (χ3n) is 3.71. The Balaban J connectivity index is 1.93. The summed E-state index contributed by atoms with van der Waals surface area (Å²) in [5.41, 5.74) is 3.70. The maximum atomic E-state index is 4.61. The molecule has 0 bridgehead atoms. The van der Waals surface area contributed by atoms with Gasteiger partial charge in [-0.25, -0.2) is 4.98 Å². The van der Waals surface area contributed by atoms with Crippen molar-refractivity contribution >= 4 is 17.2 Å². The topological polar surface area (TPSA) is 31.4 Å². The molecule has 4 heteroatoms. The number of hydrogen-bond donors (Lipinski definition) is 1. The van der Waals surface area contributed by atoms with E-state index in [0.29, 0.717) is 0 Å². The van der Waals surface area contributed by atoms with Gasteiger partial charge in [-0.1, -0.05) is 18.2 Å². The van der Waals surface area contributed by atoms with Crippen LogP contribution in [-0.2, 0) is 6.54 Å². The average molecular weight is 268 g/mol. The molecule has 0 saturated carbocycles. The highest BCUT2D eigenvalue weighted by atomic mass is 15.3. The number of para-hydroxylation sites is 2. The number of hydrogen-bond acceptors (Lipinski definition) is 4. The van der Waals surface area contributed by atoms with Gasteiger partial charge in [-0.05, 0) is 30.8 Å². The van der Waals surface area contributed by atoms with Gasteiger partial charge in [0.15, 0.2) is 0 Å². The van der Waals surface area contributed by atoms with Crippen molar-refractivity contribution in [3.8, 4) is 0 Å². The largest absolute Gasteiger partial charge is 0.371 e. The minimum atomic E-state index is 0.854. The number of benzene rings is 1. The van der Waals surface area contributed by atoms with Gasteiger partial charge in [-0.15, -0.1) is 0 Å². The number of anilines is 3. The fraction of sp³-hybridized carbons (Fsp3) is 0.312. The van der Waals surface area contributed by atoms with Crippen LogP contribution in [-0.4, -0.2) is 32.2 Å². The van der Waals surface area contributed by atoms with Crippen LogP contribution in [0.25, 0.3) is 0 Å². The molecule has 0 unspecified atom stereocenters. The Labute approximate surface area is 120 Å². The average Bonchev–Trinajstić information content (AvgIpc) is 2.49. The Hall–Kier alpha value is -2.07. The van der Waals surface area contributed by atoms with Crippen molar-refractivity contribution in [2.45, 2.75) is 6.54 Å². The fourth-order valence-electron chi connectivity index (χ4n) is 2.63. The summed E-state index contributed by atoms with van der Waals surface area (Å²) in [5, 5.41) is 3.14. The maximum Gasteiger partial charge on any atom is 0.133 e.